The maximum Gasteiger partial charge on any atom is 0.137 e. The van der Waals surface area contributed by atoms with Gasteiger partial charge in [0.05, 0.1) is 12.7 Å². The Hall–Kier alpha value is -0.870. The molecule has 0 amide bonds. The van der Waals surface area contributed by atoms with Crippen LogP contribution < -0.4 is 4.90 Å². The lowest BCUT2D eigenvalue weighted by Gasteiger charge is -2.33. The van der Waals surface area contributed by atoms with E-state index in [1.54, 1.807) is 0 Å². The molecule has 16 heavy (non-hydrogen) atoms. The van der Waals surface area contributed by atoms with Crippen LogP contribution in [0.1, 0.15) is 18.3 Å². The SMILES string of the molecule is Cc1nc(Cl)c(C)c(N2CCOC(C)C2)n1. The van der Waals surface area contributed by atoms with Crippen molar-refractivity contribution in [2.75, 3.05) is 24.6 Å². The Bertz CT molecular complexity index is 397. The predicted octanol–water partition coefficient (Wildman–Crippen LogP) is 1.97. The van der Waals surface area contributed by atoms with E-state index in [-0.39, 0.29) is 6.10 Å². The van der Waals surface area contributed by atoms with Gasteiger partial charge in [0, 0.05) is 18.7 Å². The monoisotopic (exact) mass is 241 g/mol. The standard InChI is InChI=1S/C11H16ClN3O/c1-7-6-15(4-5-16-7)11-8(2)10(12)13-9(3)14-11/h7H,4-6H2,1-3H3. The molecule has 88 valence electrons. The summed E-state index contributed by atoms with van der Waals surface area (Å²) in [6, 6.07) is 0. The van der Waals surface area contributed by atoms with E-state index in [0.717, 1.165) is 31.1 Å². The molecular formula is C11H16ClN3O. The Labute approximate surface area is 101 Å². The average molecular weight is 242 g/mol. The second kappa shape index (κ2) is 4.55. The third-order valence-corrected chi connectivity index (χ3v) is 3.08. The van der Waals surface area contributed by atoms with Gasteiger partial charge in [-0.3, -0.25) is 0 Å². The van der Waals surface area contributed by atoms with E-state index >= 15 is 0 Å². The number of nitrogens with zero attached hydrogens (tertiary/aromatic N) is 3. The summed E-state index contributed by atoms with van der Waals surface area (Å²) in [5.41, 5.74) is 0.946. The van der Waals surface area contributed by atoms with Gasteiger partial charge in [-0.2, -0.15) is 0 Å². The topological polar surface area (TPSA) is 38.2 Å². The number of hydrogen-bond donors (Lipinski definition) is 0. The first-order valence-electron chi connectivity index (χ1n) is 5.45. The Kier molecular flexibility index (Phi) is 3.30. The van der Waals surface area contributed by atoms with Crippen LogP contribution in [0.5, 0.6) is 0 Å². The zero-order chi connectivity index (χ0) is 11.7. The summed E-state index contributed by atoms with van der Waals surface area (Å²) >= 11 is 6.07. The van der Waals surface area contributed by atoms with Crippen molar-refractivity contribution in [3.8, 4) is 0 Å². The fourth-order valence-electron chi connectivity index (χ4n) is 1.90. The van der Waals surface area contributed by atoms with Crippen LogP contribution in [0.2, 0.25) is 5.15 Å². The van der Waals surface area contributed by atoms with Gasteiger partial charge >= 0.3 is 0 Å². The van der Waals surface area contributed by atoms with Gasteiger partial charge in [-0.1, -0.05) is 11.6 Å². The van der Waals surface area contributed by atoms with Gasteiger partial charge in [-0.25, -0.2) is 9.97 Å². The minimum atomic E-state index is 0.238. The first-order chi connectivity index (χ1) is 7.58. The highest BCUT2D eigenvalue weighted by Gasteiger charge is 2.21. The molecule has 0 aliphatic carbocycles. The normalized spacial score (nSPS) is 21.2. The van der Waals surface area contributed by atoms with Gasteiger partial charge in [0.15, 0.2) is 0 Å². The molecule has 1 fully saturated rings. The smallest absolute Gasteiger partial charge is 0.137 e. The minimum absolute atomic E-state index is 0.238. The highest BCUT2D eigenvalue weighted by Crippen LogP contribution is 2.24. The van der Waals surface area contributed by atoms with E-state index in [0.29, 0.717) is 11.0 Å². The molecule has 1 aliphatic heterocycles. The molecule has 1 atom stereocenters. The molecule has 4 nitrogen and oxygen atoms in total. The minimum Gasteiger partial charge on any atom is -0.375 e. The molecule has 0 bridgehead atoms. The highest BCUT2D eigenvalue weighted by atomic mass is 35.5. The molecule has 1 aromatic rings. The molecule has 5 heteroatoms. The Balaban J connectivity index is 2.32. The van der Waals surface area contributed by atoms with Crippen molar-refractivity contribution in [3.63, 3.8) is 0 Å². The summed E-state index contributed by atoms with van der Waals surface area (Å²) < 4.78 is 5.51. The molecule has 1 aliphatic rings. The molecule has 0 radical (unpaired) electrons. The fourth-order valence-corrected chi connectivity index (χ4v) is 2.11. The maximum absolute atomic E-state index is 6.07. The summed E-state index contributed by atoms with van der Waals surface area (Å²) in [5.74, 6) is 1.65. The maximum atomic E-state index is 6.07. The number of hydrogen-bond acceptors (Lipinski definition) is 4. The average Bonchev–Trinajstić information content (AvgIpc) is 2.23. The van der Waals surface area contributed by atoms with Crippen molar-refractivity contribution in [1.29, 1.82) is 0 Å². The molecule has 2 heterocycles. The lowest BCUT2D eigenvalue weighted by Crippen LogP contribution is -2.42. The predicted molar refractivity (Wildman–Crippen MR) is 64.1 cm³/mol. The lowest BCUT2D eigenvalue weighted by molar-refractivity contribution is 0.0529. The van der Waals surface area contributed by atoms with Crippen LogP contribution in [0.25, 0.3) is 0 Å². The van der Waals surface area contributed by atoms with Crippen LogP contribution in [-0.2, 0) is 4.74 Å². The van der Waals surface area contributed by atoms with Crippen LogP contribution in [0.15, 0.2) is 0 Å². The number of aryl methyl sites for hydroxylation is 1. The van der Waals surface area contributed by atoms with Gasteiger partial charge < -0.3 is 9.64 Å². The van der Waals surface area contributed by atoms with Crippen molar-refractivity contribution in [1.82, 2.24) is 9.97 Å². The first kappa shape index (κ1) is 11.6. The van der Waals surface area contributed by atoms with Crippen LogP contribution in [0, 0.1) is 13.8 Å². The molecular weight excluding hydrogens is 226 g/mol. The van der Waals surface area contributed by atoms with Crippen molar-refractivity contribution in [3.05, 3.63) is 16.5 Å². The lowest BCUT2D eigenvalue weighted by atomic mass is 10.2. The van der Waals surface area contributed by atoms with E-state index in [2.05, 4.69) is 21.8 Å². The van der Waals surface area contributed by atoms with Gasteiger partial charge in [0.2, 0.25) is 0 Å². The van der Waals surface area contributed by atoms with E-state index in [1.807, 2.05) is 13.8 Å². The number of aromatic nitrogens is 2. The summed E-state index contributed by atoms with van der Waals surface area (Å²) in [7, 11) is 0. The largest absolute Gasteiger partial charge is 0.375 e. The molecule has 0 saturated carbocycles. The molecule has 2 rings (SSSR count). The van der Waals surface area contributed by atoms with Crippen molar-refractivity contribution in [2.45, 2.75) is 26.9 Å². The van der Waals surface area contributed by atoms with Crippen molar-refractivity contribution >= 4 is 17.4 Å². The van der Waals surface area contributed by atoms with Gasteiger partial charge in [0.1, 0.15) is 16.8 Å². The zero-order valence-electron chi connectivity index (χ0n) is 9.83. The van der Waals surface area contributed by atoms with Gasteiger partial charge in [-0.05, 0) is 20.8 Å². The van der Waals surface area contributed by atoms with E-state index < -0.39 is 0 Å². The number of morpholine rings is 1. The second-order valence-electron chi connectivity index (χ2n) is 4.14. The third-order valence-electron chi connectivity index (χ3n) is 2.71. The zero-order valence-corrected chi connectivity index (χ0v) is 10.6. The molecule has 0 N–H and O–H groups in total. The fraction of sp³-hybridized carbons (Fsp3) is 0.636. The van der Waals surface area contributed by atoms with Gasteiger partial charge in [0.25, 0.3) is 0 Å². The van der Waals surface area contributed by atoms with Crippen molar-refractivity contribution < 1.29 is 4.74 Å². The Morgan fingerprint density at radius 2 is 2.12 bits per heavy atom. The quantitative estimate of drug-likeness (QED) is 0.705. The number of rotatable bonds is 1. The number of anilines is 1. The van der Waals surface area contributed by atoms with Gasteiger partial charge in [-0.15, -0.1) is 0 Å². The van der Waals surface area contributed by atoms with Crippen LogP contribution in [-0.4, -0.2) is 35.8 Å². The Morgan fingerprint density at radius 1 is 1.38 bits per heavy atom. The second-order valence-corrected chi connectivity index (χ2v) is 4.50. The number of ether oxygens (including phenoxy) is 1. The summed E-state index contributed by atoms with van der Waals surface area (Å²) in [6.45, 7) is 8.33. The summed E-state index contributed by atoms with van der Waals surface area (Å²) in [6.07, 6.45) is 0.238. The van der Waals surface area contributed by atoms with Crippen LogP contribution in [0.3, 0.4) is 0 Å². The Morgan fingerprint density at radius 3 is 2.81 bits per heavy atom. The molecule has 0 aromatic carbocycles. The highest BCUT2D eigenvalue weighted by molar-refractivity contribution is 6.30. The van der Waals surface area contributed by atoms with E-state index in [1.165, 1.54) is 0 Å². The molecule has 1 aromatic heterocycles. The molecule has 1 saturated heterocycles. The third kappa shape index (κ3) is 2.28. The van der Waals surface area contributed by atoms with E-state index in [4.69, 9.17) is 16.3 Å². The molecule has 1 unspecified atom stereocenters. The number of halogens is 1. The van der Waals surface area contributed by atoms with Crippen LogP contribution >= 0.6 is 11.6 Å². The van der Waals surface area contributed by atoms with Crippen LogP contribution in [0.4, 0.5) is 5.82 Å². The van der Waals surface area contributed by atoms with Crippen molar-refractivity contribution in [2.24, 2.45) is 0 Å². The molecule has 0 spiro atoms. The first-order valence-corrected chi connectivity index (χ1v) is 5.83. The van der Waals surface area contributed by atoms with E-state index in [9.17, 15) is 0 Å². The summed E-state index contributed by atoms with van der Waals surface area (Å²) in [4.78, 5) is 10.8. The summed E-state index contributed by atoms with van der Waals surface area (Å²) in [5, 5.41) is 0.543.